The maximum absolute atomic E-state index is 12.3. The summed E-state index contributed by atoms with van der Waals surface area (Å²) < 4.78 is 12.4. The van der Waals surface area contributed by atoms with E-state index in [9.17, 15) is 4.79 Å². The molecule has 2 aromatic rings. The molecule has 0 amide bonds. The maximum atomic E-state index is 12.3. The van der Waals surface area contributed by atoms with Crippen LogP contribution in [0, 0.1) is 0 Å². The average Bonchev–Trinajstić information content (AvgIpc) is 3.30. The Kier molecular flexibility index (Phi) is 4.33. The standard InChI is InChI=1S/C15H17N3O3S/c1-20-13-6-3-10(7-14(13)21-2)12(19)8-22-15-17-16-9-18(15)11-4-5-11/h3,6-7,9,11H,4-5,8H2,1-2H3. The predicted octanol–water partition coefficient (Wildman–Crippen LogP) is 2.61. The van der Waals surface area contributed by atoms with Gasteiger partial charge in [0.05, 0.1) is 20.0 Å². The summed E-state index contributed by atoms with van der Waals surface area (Å²) in [5, 5.41) is 8.81. The molecule has 0 N–H and O–H groups in total. The monoisotopic (exact) mass is 319 g/mol. The highest BCUT2D eigenvalue weighted by molar-refractivity contribution is 7.99. The Bertz CT molecular complexity index is 682. The van der Waals surface area contributed by atoms with Crippen molar-refractivity contribution in [2.24, 2.45) is 0 Å². The number of hydrogen-bond donors (Lipinski definition) is 0. The zero-order valence-electron chi connectivity index (χ0n) is 12.5. The van der Waals surface area contributed by atoms with Crippen LogP contribution in [-0.2, 0) is 0 Å². The predicted molar refractivity (Wildman–Crippen MR) is 82.9 cm³/mol. The van der Waals surface area contributed by atoms with E-state index in [2.05, 4.69) is 10.2 Å². The Balaban J connectivity index is 1.67. The molecule has 116 valence electrons. The van der Waals surface area contributed by atoms with Gasteiger partial charge in [-0.05, 0) is 31.0 Å². The Morgan fingerprint density at radius 3 is 2.77 bits per heavy atom. The lowest BCUT2D eigenvalue weighted by Crippen LogP contribution is -2.05. The second-order valence-electron chi connectivity index (χ2n) is 5.03. The number of carbonyl (C=O) groups excluding carboxylic acids is 1. The number of methoxy groups -OCH3 is 2. The van der Waals surface area contributed by atoms with E-state index in [1.54, 1.807) is 38.7 Å². The molecule has 1 saturated carbocycles. The molecule has 0 radical (unpaired) electrons. The number of ketones is 1. The van der Waals surface area contributed by atoms with Crippen molar-refractivity contribution in [1.29, 1.82) is 0 Å². The highest BCUT2D eigenvalue weighted by Crippen LogP contribution is 2.37. The summed E-state index contributed by atoms with van der Waals surface area (Å²) in [5.41, 5.74) is 0.600. The lowest BCUT2D eigenvalue weighted by Gasteiger charge is -2.09. The third-order valence-corrected chi connectivity index (χ3v) is 4.48. The van der Waals surface area contributed by atoms with Crippen molar-refractivity contribution in [3.63, 3.8) is 0 Å². The van der Waals surface area contributed by atoms with Gasteiger partial charge < -0.3 is 14.0 Å². The molecule has 0 saturated heterocycles. The molecule has 1 aromatic heterocycles. The van der Waals surface area contributed by atoms with Crippen LogP contribution in [-0.4, -0.2) is 40.5 Å². The first-order valence-electron chi connectivity index (χ1n) is 7.00. The number of hydrogen-bond acceptors (Lipinski definition) is 6. The fourth-order valence-electron chi connectivity index (χ4n) is 2.16. The molecular weight excluding hydrogens is 302 g/mol. The molecule has 7 heteroatoms. The summed E-state index contributed by atoms with van der Waals surface area (Å²) in [4.78, 5) is 12.3. The molecule has 22 heavy (non-hydrogen) atoms. The van der Waals surface area contributed by atoms with Gasteiger partial charge in [-0.15, -0.1) is 10.2 Å². The molecule has 0 spiro atoms. The Morgan fingerprint density at radius 1 is 1.32 bits per heavy atom. The van der Waals surface area contributed by atoms with E-state index in [4.69, 9.17) is 9.47 Å². The van der Waals surface area contributed by atoms with Crippen molar-refractivity contribution < 1.29 is 14.3 Å². The molecule has 0 bridgehead atoms. The van der Waals surface area contributed by atoms with Gasteiger partial charge in [0.25, 0.3) is 0 Å². The smallest absolute Gasteiger partial charge is 0.191 e. The van der Waals surface area contributed by atoms with Gasteiger partial charge in [-0.2, -0.15) is 0 Å². The average molecular weight is 319 g/mol. The fourth-order valence-corrected chi connectivity index (χ4v) is 3.04. The Morgan fingerprint density at radius 2 is 2.09 bits per heavy atom. The highest BCUT2D eigenvalue weighted by atomic mass is 32.2. The van der Waals surface area contributed by atoms with E-state index < -0.39 is 0 Å². The molecule has 1 aromatic carbocycles. The van der Waals surface area contributed by atoms with Crippen LogP contribution in [0.5, 0.6) is 11.5 Å². The van der Waals surface area contributed by atoms with E-state index in [0.29, 0.717) is 28.9 Å². The second-order valence-corrected chi connectivity index (χ2v) is 5.98. The van der Waals surface area contributed by atoms with E-state index in [0.717, 1.165) is 18.0 Å². The first-order valence-corrected chi connectivity index (χ1v) is 7.99. The van der Waals surface area contributed by atoms with Gasteiger partial charge in [0.15, 0.2) is 22.4 Å². The van der Waals surface area contributed by atoms with Gasteiger partial charge in [0.2, 0.25) is 0 Å². The van der Waals surface area contributed by atoms with E-state index in [-0.39, 0.29) is 5.78 Å². The second kappa shape index (κ2) is 6.39. The van der Waals surface area contributed by atoms with Crippen LogP contribution in [0.4, 0.5) is 0 Å². The van der Waals surface area contributed by atoms with Gasteiger partial charge in [0, 0.05) is 11.6 Å². The van der Waals surface area contributed by atoms with Crippen LogP contribution >= 0.6 is 11.8 Å². The van der Waals surface area contributed by atoms with E-state index in [1.807, 2.05) is 4.57 Å². The van der Waals surface area contributed by atoms with Crippen molar-refractivity contribution in [2.45, 2.75) is 24.0 Å². The van der Waals surface area contributed by atoms with Crippen LogP contribution in [0.15, 0.2) is 29.7 Å². The molecule has 0 unspecified atom stereocenters. The summed E-state index contributed by atoms with van der Waals surface area (Å²) in [6, 6.07) is 5.70. The van der Waals surface area contributed by atoms with Gasteiger partial charge in [-0.1, -0.05) is 11.8 Å². The zero-order valence-corrected chi connectivity index (χ0v) is 13.3. The topological polar surface area (TPSA) is 66.2 Å². The third kappa shape index (κ3) is 3.09. The molecule has 1 aliphatic carbocycles. The minimum Gasteiger partial charge on any atom is -0.493 e. The van der Waals surface area contributed by atoms with Crippen LogP contribution in [0.3, 0.4) is 0 Å². The van der Waals surface area contributed by atoms with Crippen LogP contribution in [0.2, 0.25) is 0 Å². The van der Waals surface area contributed by atoms with Gasteiger partial charge in [-0.3, -0.25) is 4.79 Å². The quantitative estimate of drug-likeness (QED) is 0.577. The summed E-state index contributed by atoms with van der Waals surface area (Å²) in [6.07, 6.45) is 4.06. The largest absolute Gasteiger partial charge is 0.493 e. The molecule has 1 heterocycles. The van der Waals surface area contributed by atoms with E-state index in [1.165, 1.54) is 11.8 Å². The number of ether oxygens (including phenoxy) is 2. The van der Waals surface area contributed by atoms with Crippen LogP contribution < -0.4 is 9.47 Å². The first kappa shape index (κ1) is 14.9. The fraction of sp³-hybridized carbons (Fsp3) is 0.400. The molecule has 1 fully saturated rings. The van der Waals surface area contributed by atoms with Gasteiger partial charge in [0.1, 0.15) is 6.33 Å². The summed E-state index contributed by atoms with van der Waals surface area (Å²) in [7, 11) is 3.12. The van der Waals surface area contributed by atoms with Crippen LogP contribution in [0.25, 0.3) is 0 Å². The minimum absolute atomic E-state index is 0.0244. The van der Waals surface area contributed by atoms with Gasteiger partial charge >= 0.3 is 0 Å². The molecule has 0 atom stereocenters. The van der Waals surface area contributed by atoms with Crippen LogP contribution in [0.1, 0.15) is 29.2 Å². The van der Waals surface area contributed by atoms with Crippen molar-refractivity contribution in [2.75, 3.05) is 20.0 Å². The van der Waals surface area contributed by atoms with Crippen molar-refractivity contribution in [3.8, 4) is 11.5 Å². The number of Topliss-reactive ketones (excluding diaryl/α,β-unsaturated/α-hetero) is 1. The summed E-state index contributed by atoms with van der Waals surface area (Å²) >= 11 is 1.42. The Labute approximate surface area is 132 Å². The number of rotatable bonds is 7. The molecule has 3 rings (SSSR count). The molecule has 1 aliphatic rings. The number of nitrogens with zero attached hydrogens (tertiary/aromatic N) is 3. The SMILES string of the molecule is COc1ccc(C(=O)CSc2nncn2C2CC2)cc1OC. The normalized spacial score (nSPS) is 13.9. The first-order chi connectivity index (χ1) is 10.7. The van der Waals surface area contributed by atoms with Gasteiger partial charge in [-0.25, -0.2) is 0 Å². The Hall–Kier alpha value is -2.02. The number of benzene rings is 1. The lowest BCUT2D eigenvalue weighted by atomic mass is 10.1. The van der Waals surface area contributed by atoms with Crippen molar-refractivity contribution >= 4 is 17.5 Å². The lowest BCUT2D eigenvalue weighted by molar-refractivity contribution is 0.102. The number of aromatic nitrogens is 3. The van der Waals surface area contributed by atoms with Crippen molar-refractivity contribution in [1.82, 2.24) is 14.8 Å². The zero-order chi connectivity index (χ0) is 15.5. The number of thioether (sulfide) groups is 1. The third-order valence-electron chi connectivity index (χ3n) is 3.52. The molecule has 0 aliphatic heterocycles. The van der Waals surface area contributed by atoms with Crippen molar-refractivity contribution in [3.05, 3.63) is 30.1 Å². The summed E-state index contributed by atoms with van der Waals surface area (Å²) in [6.45, 7) is 0. The highest BCUT2D eigenvalue weighted by Gasteiger charge is 2.26. The minimum atomic E-state index is 0.0244. The number of carbonyl (C=O) groups is 1. The maximum Gasteiger partial charge on any atom is 0.191 e. The molecule has 6 nitrogen and oxygen atoms in total. The molecular formula is C15H17N3O3S. The van der Waals surface area contributed by atoms with E-state index >= 15 is 0 Å². The summed E-state index contributed by atoms with van der Waals surface area (Å²) in [5.74, 6) is 1.51.